The molecule has 0 radical (unpaired) electrons. The lowest BCUT2D eigenvalue weighted by molar-refractivity contribution is -0.150. The Balaban J connectivity index is 2.09. The molecule has 102 valence electrons. The Bertz CT molecular complexity index is 347. The number of β-amino-alcohol motifs (C(OH)–C–C–N with tert-alkyl or cyclic N) is 1. The van der Waals surface area contributed by atoms with E-state index in [1.165, 1.54) is 4.90 Å². The minimum absolute atomic E-state index is 0.110. The highest BCUT2D eigenvalue weighted by Gasteiger charge is 2.42. The molecule has 2 fully saturated rings. The van der Waals surface area contributed by atoms with E-state index in [0.29, 0.717) is 0 Å². The van der Waals surface area contributed by atoms with Gasteiger partial charge in [0.2, 0.25) is 5.91 Å². The summed E-state index contributed by atoms with van der Waals surface area (Å²) in [5, 5.41) is 18.6. The number of aliphatic hydroxyl groups excluding tert-OH is 1. The normalized spacial score (nSPS) is 36.7. The van der Waals surface area contributed by atoms with Crippen LogP contribution in [0.3, 0.4) is 0 Å². The summed E-state index contributed by atoms with van der Waals surface area (Å²) in [6, 6.07) is -1.08. The van der Waals surface area contributed by atoms with Crippen molar-refractivity contribution in [1.82, 2.24) is 4.90 Å². The topological polar surface area (TPSA) is 104 Å². The van der Waals surface area contributed by atoms with Crippen LogP contribution in [-0.4, -0.2) is 51.7 Å². The van der Waals surface area contributed by atoms with Crippen molar-refractivity contribution in [3.8, 4) is 0 Å². The van der Waals surface area contributed by atoms with Gasteiger partial charge in [0.25, 0.3) is 0 Å². The number of hydrogen-bond acceptors (Lipinski definition) is 4. The van der Waals surface area contributed by atoms with Crippen molar-refractivity contribution < 1.29 is 19.8 Å². The molecule has 2 rings (SSSR count). The summed E-state index contributed by atoms with van der Waals surface area (Å²) in [5.74, 6) is -1.54. The molecule has 6 heteroatoms. The fourth-order valence-electron chi connectivity index (χ4n) is 2.97. The van der Waals surface area contributed by atoms with Crippen LogP contribution < -0.4 is 5.73 Å². The lowest BCUT2D eigenvalue weighted by Gasteiger charge is -2.32. The van der Waals surface area contributed by atoms with E-state index >= 15 is 0 Å². The third-order valence-corrected chi connectivity index (χ3v) is 3.98. The van der Waals surface area contributed by atoms with Crippen LogP contribution in [0.4, 0.5) is 0 Å². The van der Waals surface area contributed by atoms with Crippen molar-refractivity contribution in [1.29, 1.82) is 0 Å². The van der Waals surface area contributed by atoms with E-state index in [0.717, 1.165) is 25.7 Å². The monoisotopic (exact) mass is 256 g/mol. The number of rotatable bonds is 2. The first-order chi connectivity index (χ1) is 8.50. The molecule has 1 aliphatic carbocycles. The lowest BCUT2D eigenvalue weighted by Crippen LogP contribution is -2.49. The van der Waals surface area contributed by atoms with E-state index in [1.54, 1.807) is 0 Å². The molecular formula is C12H20N2O4. The van der Waals surface area contributed by atoms with E-state index < -0.39 is 18.1 Å². The van der Waals surface area contributed by atoms with E-state index in [-0.39, 0.29) is 30.8 Å². The number of carboxylic acid groups (broad SMARTS) is 1. The standard InChI is InChI=1S/C12H20N2O4/c13-9-4-2-1-3-8(9)11(16)14-6-7(15)5-10(14)12(17)18/h7-10,15H,1-6,13H2,(H,17,18)/t7-,8?,9?,10-/m1/s1. The number of carboxylic acids is 1. The maximum absolute atomic E-state index is 12.3. The SMILES string of the molecule is NC1CCCCC1C(=O)N1C[C@H](O)C[C@@H]1C(=O)O. The molecule has 2 unspecified atom stereocenters. The molecule has 1 saturated carbocycles. The summed E-state index contributed by atoms with van der Waals surface area (Å²) in [7, 11) is 0. The van der Waals surface area contributed by atoms with Crippen molar-refractivity contribution in [2.24, 2.45) is 11.7 Å². The maximum atomic E-state index is 12.3. The zero-order valence-electron chi connectivity index (χ0n) is 10.3. The highest BCUT2D eigenvalue weighted by atomic mass is 16.4. The van der Waals surface area contributed by atoms with E-state index in [9.17, 15) is 14.7 Å². The average Bonchev–Trinajstić information content (AvgIpc) is 2.71. The van der Waals surface area contributed by atoms with Gasteiger partial charge in [0.1, 0.15) is 6.04 Å². The smallest absolute Gasteiger partial charge is 0.326 e. The zero-order chi connectivity index (χ0) is 13.3. The Morgan fingerprint density at radius 1 is 1.22 bits per heavy atom. The molecule has 1 aliphatic heterocycles. The van der Waals surface area contributed by atoms with Gasteiger partial charge in [0, 0.05) is 19.0 Å². The molecule has 1 heterocycles. The summed E-state index contributed by atoms with van der Waals surface area (Å²) in [5.41, 5.74) is 5.95. The van der Waals surface area contributed by atoms with Crippen LogP contribution >= 0.6 is 0 Å². The Hall–Kier alpha value is -1.14. The van der Waals surface area contributed by atoms with Crippen LogP contribution in [0.2, 0.25) is 0 Å². The molecule has 4 atom stereocenters. The Morgan fingerprint density at radius 3 is 2.50 bits per heavy atom. The molecule has 0 spiro atoms. The van der Waals surface area contributed by atoms with Crippen LogP contribution in [0.25, 0.3) is 0 Å². The molecule has 0 bridgehead atoms. The van der Waals surface area contributed by atoms with E-state index in [4.69, 9.17) is 10.8 Å². The first kappa shape index (κ1) is 13.3. The first-order valence-corrected chi connectivity index (χ1v) is 6.47. The van der Waals surface area contributed by atoms with Crippen LogP contribution in [0.1, 0.15) is 32.1 Å². The van der Waals surface area contributed by atoms with Crippen LogP contribution in [0.5, 0.6) is 0 Å². The van der Waals surface area contributed by atoms with Crippen molar-refractivity contribution in [3.63, 3.8) is 0 Å². The number of likely N-dealkylation sites (tertiary alicyclic amines) is 1. The number of amides is 1. The zero-order valence-corrected chi connectivity index (χ0v) is 10.3. The fourth-order valence-corrected chi connectivity index (χ4v) is 2.97. The second-order valence-electron chi connectivity index (χ2n) is 5.29. The first-order valence-electron chi connectivity index (χ1n) is 6.47. The van der Waals surface area contributed by atoms with Gasteiger partial charge >= 0.3 is 5.97 Å². The number of nitrogens with two attached hydrogens (primary N) is 1. The number of carbonyl (C=O) groups excluding carboxylic acids is 1. The van der Waals surface area contributed by atoms with Crippen LogP contribution in [0.15, 0.2) is 0 Å². The molecule has 1 amide bonds. The number of aliphatic carboxylic acids is 1. The van der Waals surface area contributed by atoms with Crippen LogP contribution in [0, 0.1) is 5.92 Å². The van der Waals surface area contributed by atoms with Gasteiger partial charge in [-0.05, 0) is 12.8 Å². The third kappa shape index (κ3) is 2.49. The second kappa shape index (κ2) is 5.24. The van der Waals surface area contributed by atoms with Gasteiger partial charge in [0.05, 0.1) is 12.0 Å². The third-order valence-electron chi connectivity index (χ3n) is 3.98. The molecule has 0 aromatic rings. The summed E-state index contributed by atoms with van der Waals surface area (Å²) >= 11 is 0. The molecule has 2 aliphatic rings. The second-order valence-corrected chi connectivity index (χ2v) is 5.29. The van der Waals surface area contributed by atoms with Crippen molar-refractivity contribution >= 4 is 11.9 Å². The molecule has 18 heavy (non-hydrogen) atoms. The largest absolute Gasteiger partial charge is 0.480 e. The Labute approximate surface area is 106 Å². The average molecular weight is 256 g/mol. The van der Waals surface area contributed by atoms with Gasteiger partial charge in [-0.15, -0.1) is 0 Å². The molecule has 0 aromatic carbocycles. The van der Waals surface area contributed by atoms with Crippen molar-refractivity contribution in [2.45, 2.75) is 50.3 Å². The highest BCUT2D eigenvalue weighted by molar-refractivity contribution is 5.86. The highest BCUT2D eigenvalue weighted by Crippen LogP contribution is 2.28. The number of aliphatic hydroxyl groups is 1. The summed E-state index contributed by atoms with van der Waals surface area (Å²) in [6.45, 7) is 0.110. The van der Waals surface area contributed by atoms with Gasteiger partial charge in [0.15, 0.2) is 0 Å². The van der Waals surface area contributed by atoms with Crippen molar-refractivity contribution in [2.75, 3.05) is 6.54 Å². The summed E-state index contributed by atoms with van der Waals surface area (Å²) < 4.78 is 0. The Kier molecular flexibility index (Phi) is 3.87. The predicted octanol–water partition coefficient (Wildman–Crippen LogP) is -0.450. The van der Waals surface area contributed by atoms with Gasteiger partial charge in [-0.1, -0.05) is 12.8 Å². The molecule has 0 aromatic heterocycles. The molecule has 6 nitrogen and oxygen atoms in total. The molecular weight excluding hydrogens is 236 g/mol. The molecule has 1 saturated heterocycles. The fraction of sp³-hybridized carbons (Fsp3) is 0.833. The maximum Gasteiger partial charge on any atom is 0.326 e. The minimum atomic E-state index is -1.05. The van der Waals surface area contributed by atoms with Gasteiger partial charge in [-0.3, -0.25) is 4.79 Å². The number of nitrogens with zero attached hydrogens (tertiary/aromatic N) is 1. The van der Waals surface area contributed by atoms with Crippen molar-refractivity contribution in [3.05, 3.63) is 0 Å². The van der Waals surface area contributed by atoms with E-state index in [2.05, 4.69) is 0 Å². The summed E-state index contributed by atoms with van der Waals surface area (Å²) in [4.78, 5) is 24.7. The minimum Gasteiger partial charge on any atom is -0.480 e. The number of carbonyl (C=O) groups is 2. The summed E-state index contributed by atoms with van der Waals surface area (Å²) in [6.07, 6.45) is 2.88. The lowest BCUT2D eigenvalue weighted by atomic mass is 9.84. The number of hydrogen-bond donors (Lipinski definition) is 3. The van der Waals surface area contributed by atoms with E-state index in [1.807, 2.05) is 0 Å². The quantitative estimate of drug-likeness (QED) is 0.621. The van der Waals surface area contributed by atoms with Gasteiger partial charge < -0.3 is 20.8 Å². The van der Waals surface area contributed by atoms with Crippen LogP contribution in [-0.2, 0) is 9.59 Å². The Morgan fingerprint density at radius 2 is 1.89 bits per heavy atom. The molecule has 4 N–H and O–H groups in total. The predicted molar refractivity (Wildman–Crippen MR) is 63.7 cm³/mol. The van der Waals surface area contributed by atoms with Gasteiger partial charge in [-0.2, -0.15) is 0 Å². The van der Waals surface area contributed by atoms with Gasteiger partial charge in [-0.25, -0.2) is 4.79 Å².